The van der Waals surface area contributed by atoms with E-state index < -0.39 is 0 Å². The fourth-order valence-corrected chi connectivity index (χ4v) is 4.11. The van der Waals surface area contributed by atoms with Gasteiger partial charge < -0.3 is 0 Å². The molecule has 2 bridgehead atoms. The number of hydrogen-bond donors (Lipinski definition) is 0. The summed E-state index contributed by atoms with van der Waals surface area (Å²) in [6, 6.07) is 0. The first kappa shape index (κ1) is 8.08. The molecule has 0 N–H and O–H groups in total. The summed E-state index contributed by atoms with van der Waals surface area (Å²) in [7, 11) is 1.63. The molecular weight excluding hydrogens is 190 g/mol. The number of rotatable bonds is 0. The second kappa shape index (κ2) is 2.18. The summed E-state index contributed by atoms with van der Waals surface area (Å²) in [6.45, 7) is 0. The number of amides is 2. The van der Waals surface area contributed by atoms with Crippen LogP contribution >= 0.6 is 0 Å². The molecule has 1 saturated heterocycles. The largest absolute Gasteiger partial charge is 0.285 e. The third kappa shape index (κ3) is 0.724. The van der Waals surface area contributed by atoms with Crippen LogP contribution in [0.2, 0.25) is 0 Å². The van der Waals surface area contributed by atoms with Crippen LogP contribution in [0, 0.1) is 35.5 Å². The van der Waals surface area contributed by atoms with Crippen molar-refractivity contribution in [2.75, 3.05) is 7.05 Å². The molecule has 1 aliphatic heterocycles. The normalized spacial score (nSPS) is 54.6. The van der Waals surface area contributed by atoms with Gasteiger partial charge in [-0.05, 0) is 30.1 Å². The zero-order valence-electron chi connectivity index (χ0n) is 8.59. The van der Waals surface area contributed by atoms with Gasteiger partial charge in [0.15, 0.2) is 0 Å². The fourth-order valence-electron chi connectivity index (χ4n) is 4.11. The van der Waals surface area contributed by atoms with Crippen molar-refractivity contribution < 1.29 is 9.59 Å². The molecule has 15 heavy (non-hydrogen) atoms. The van der Waals surface area contributed by atoms with E-state index in [4.69, 9.17) is 0 Å². The van der Waals surface area contributed by atoms with Gasteiger partial charge in [0.2, 0.25) is 11.8 Å². The quantitative estimate of drug-likeness (QED) is 0.428. The van der Waals surface area contributed by atoms with Gasteiger partial charge in [-0.3, -0.25) is 14.5 Å². The van der Waals surface area contributed by atoms with Gasteiger partial charge in [0.25, 0.3) is 0 Å². The van der Waals surface area contributed by atoms with E-state index in [2.05, 4.69) is 12.2 Å². The first-order chi connectivity index (χ1) is 7.20. The van der Waals surface area contributed by atoms with Crippen LogP contribution in [0.3, 0.4) is 0 Å². The van der Waals surface area contributed by atoms with Gasteiger partial charge >= 0.3 is 0 Å². The molecule has 3 nitrogen and oxygen atoms in total. The van der Waals surface area contributed by atoms with Gasteiger partial charge in [-0.15, -0.1) is 0 Å². The lowest BCUT2D eigenvalue weighted by atomic mass is 9.63. The van der Waals surface area contributed by atoms with Gasteiger partial charge in [0.1, 0.15) is 0 Å². The summed E-state index contributed by atoms with van der Waals surface area (Å²) in [5, 5.41) is 0. The van der Waals surface area contributed by atoms with E-state index in [9.17, 15) is 9.59 Å². The maximum absolute atomic E-state index is 12.0. The monoisotopic (exact) mass is 203 g/mol. The molecule has 0 aromatic carbocycles. The Morgan fingerprint density at radius 3 is 2.00 bits per heavy atom. The molecule has 2 amide bonds. The Bertz CT molecular complexity index is 378. The van der Waals surface area contributed by atoms with Crippen molar-refractivity contribution in [2.24, 2.45) is 35.5 Å². The second-order valence-corrected chi connectivity index (χ2v) is 5.39. The lowest BCUT2D eigenvalue weighted by Crippen LogP contribution is -2.40. The van der Waals surface area contributed by atoms with Crippen molar-refractivity contribution >= 4 is 11.8 Å². The summed E-state index contributed by atoms with van der Waals surface area (Å²) < 4.78 is 0. The minimum absolute atomic E-state index is 0.0127. The number of likely N-dealkylation sites (tertiary alicyclic amines) is 1. The fraction of sp³-hybridized carbons (Fsp3) is 0.667. The maximum atomic E-state index is 12.0. The van der Waals surface area contributed by atoms with Crippen LogP contribution in [0.4, 0.5) is 0 Å². The van der Waals surface area contributed by atoms with Crippen molar-refractivity contribution in [2.45, 2.75) is 6.42 Å². The zero-order chi connectivity index (χ0) is 10.3. The highest BCUT2D eigenvalue weighted by atomic mass is 16.2. The van der Waals surface area contributed by atoms with E-state index in [1.165, 1.54) is 11.3 Å². The van der Waals surface area contributed by atoms with E-state index in [-0.39, 0.29) is 23.7 Å². The Hall–Kier alpha value is -1.12. The van der Waals surface area contributed by atoms with Gasteiger partial charge in [-0.2, -0.15) is 0 Å². The highest BCUT2D eigenvalue weighted by molar-refractivity contribution is 6.05. The molecule has 5 aliphatic rings. The third-order valence-corrected chi connectivity index (χ3v) is 4.88. The highest BCUT2D eigenvalue weighted by Gasteiger charge is 2.66. The van der Waals surface area contributed by atoms with Crippen LogP contribution < -0.4 is 0 Å². The average Bonchev–Trinajstić information content (AvgIpc) is 3.02. The summed E-state index contributed by atoms with van der Waals surface area (Å²) in [6.07, 6.45) is 5.63. The number of nitrogens with zero attached hydrogens (tertiary/aromatic N) is 1. The van der Waals surface area contributed by atoms with Crippen molar-refractivity contribution in [3.8, 4) is 0 Å². The number of imide groups is 1. The molecular formula is C12H13NO2. The van der Waals surface area contributed by atoms with Gasteiger partial charge in [-0.25, -0.2) is 0 Å². The van der Waals surface area contributed by atoms with Crippen molar-refractivity contribution in [1.29, 1.82) is 0 Å². The SMILES string of the molecule is CN1C(=O)[C@@H]2[C@H]3C=C[C@@H]([C@@H]4C[C@H]34)[C@@H]2C1=O. The Balaban J connectivity index is 1.86. The minimum Gasteiger partial charge on any atom is -0.285 e. The Kier molecular flexibility index (Phi) is 1.17. The second-order valence-electron chi connectivity index (χ2n) is 5.39. The summed E-state index contributed by atoms with van der Waals surface area (Å²) in [4.78, 5) is 25.3. The van der Waals surface area contributed by atoms with Crippen molar-refractivity contribution in [3.63, 3.8) is 0 Å². The first-order valence-corrected chi connectivity index (χ1v) is 5.70. The molecule has 0 spiro atoms. The molecule has 4 aliphatic carbocycles. The molecule has 2 saturated carbocycles. The molecule has 5 rings (SSSR count). The van der Waals surface area contributed by atoms with Gasteiger partial charge in [-0.1, -0.05) is 12.2 Å². The Morgan fingerprint density at radius 1 is 1.07 bits per heavy atom. The van der Waals surface area contributed by atoms with Crippen LogP contribution in [-0.4, -0.2) is 23.8 Å². The molecule has 0 aromatic rings. The maximum Gasteiger partial charge on any atom is 0.233 e. The van der Waals surface area contributed by atoms with E-state index in [0.717, 1.165) is 0 Å². The molecule has 6 atom stereocenters. The summed E-state index contributed by atoms with van der Waals surface area (Å²) in [5.41, 5.74) is 0. The number of carbonyl (C=O) groups is 2. The highest BCUT2D eigenvalue weighted by Crippen LogP contribution is 2.65. The van der Waals surface area contributed by atoms with Crippen molar-refractivity contribution in [1.82, 2.24) is 4.90 Å². The lowest BCUT2D eigenvalue weighted by Gasteiger charge is -2.37. The predicted molar refractivity (Wildman–Crippen MR) is 52.5 cm³/mol. The van der Waals surface area contributed by atoms with Gasteiger partial charge in [0, 0.05) is 7.05 Å². The van der Waals surface area contributed by atoms with Crippen LogP contribution in [0.25, 0.3) is 0 Å². The number of allylic oxidation sites excluding steroid dienone is 2. The molecule has 0 unspecified atom stereocenters. The zero-order valence-corrected chi connectivity index (χ0v) is 8.59. The van der Waals surface area contributed by atoms with Crippen LogP contribution in [0.15, 0.2) is 12.2 Å². The topological polar surface area (TPSA) is 37.4 Å². The average molecular weight is 203 g/mol. The Morgan fingerprint density at radius 2 is 1.53 bits per heavy atom. The smallest absolute Gasteiger partial charge is 0.233 e. The molecule has 78 valence electrons. The lowest BCUT2D eigenvalue weighted by molar-refractivity contribution is -0.138. The third-order valence-electron chi connectivity index (χ3n) is 4.88. The van der Waals surface area contributed by atoms with Gasteiger partial charge in [0.05, 0.1) is 11.8 Å². The van der Waals surface area contributed by atoms with E-state index >= 15 is 0 Å². The summed E-state index contributed by atoms with van der Waals surface area (Å²) in [5.74, 6) is 2.26. The molecule has 1 heterocycles. The predicted octanol–water partition coefficient (Wildman–Crippen LogP) is 0.669. The number of carbonyl (C=O) groups excluding carboxylic acids is 2. The minimum atomic E-state index is -0.0127. The van der Waals surface area contributed by atoms with Crippen LogP contribution in [0.1, 0.15) is 6.42 Å². The number of hydrogen-bond acceptors (Lipinski definition) is 2. The van der Waals surface area contributed by atoms with E-state index in [0.29, 0.717) is 23.7 Å². The van der Waals surface area contributed by atoms with Crippen LogP contribution in [-0.2, 0) is 9.59 Å². The van der Waals surface area contributed by atoms with E-state index in [1.807, 2.05) is 0 Å². The summed E-state index contributed by atoms with van der Waals surface area (Å²) >= 11 is 0. The molecule has 0 radical (unpaired) electrons. The molecule has 3 heteroatoms. The van der Waals surface area contributed by atoms with Crippen LogP contribution in [0.5, 0.6) is 0 Å². The van der Waals surface area contributed by atoms with E-state index in [1.54, 1.807) is 7.05 Å². The van der Waals surface area contributed by atoms with Crippen molar-refractivity contribution in [3.05, 3.63) is 12.2 Å². The Labute approximate surface area is 88.1 Å². The molecule has 3 fully saturated rings. The standard InChI is InChI=1S/C12H13NO2/c1-13-11(14)9-5-2-3-6(8-4-7(5)8)10(9)12(13)15/h2-3,5-10H,4H2,1H3/t5-,6-,7-,8+,9-,10+/m0/s1. The first-order valence-electron chi connectivity index (χ1n) is 5.70. The molecule has 0 aromatic heterocycles.